The third-order valence-corrected chi connectivity index (χ3v) is 5.51. The van der Waals surface area contributed by atoms with Crippen molar-refractivity contribution in [1.29, 1.82) is 0 Å². The topological polar surface area (TPSA) is 42.9 Å². The summed E-state index contributed by atoms with van der Waals surface area (Å²) in [7, 11) is 6.01. The van der Waals surface area contributed by atoms with Gasteiger partial charge < -0.3 is 15.5 Å². The summed E-state index contributed by atoms with van der Waals surface area (Å²) < 4.78 is 0. The maximum atomic E-state index is 4.36. The molecule has 0 amide bonds. The number of hydrogen-bond acceptors (Lipinski definition) is 3. The van der Waals surface area contributed by atoms with E-state index >= 15 is 0 Å². The lowest BCUT2D eigenvalue weighted by atomic mass is 10.1. The first-order chi connectivity index (χ1) is 14.6. The van der Waals surface area contributed by atoms with Crippen LogP contribution in [0.5, 0.6) is 0 Å². The highest BCUT2D eigenvalue weighted by Gasteiger charge is 2.10. The van der Waals surface area contributed by atoms with Crippen molar-refractivity contribution in [3.05, 3.63) is 70.8 Å². The van der Waals surface area contributed by atoms with Crippen LogP contribution in [0.2, 0.25) is 0 Å². The maximum absolute atomic E-state index is 4.36. The minimum Gasteiger partial charge on any atom is -0.352 e. The molecule has 30 heavy (non-hydrogen) atoms. The Morgan fingerprint density at radius 2 is 1.50 bits per heavy atom. The van der Waals surface area contributed by atoms with Crippen molar-refractivity contribution < 1.29 is 0 Å². The van der Waals surface area contributed by atoms with Crippen LogP contribution in [0.1, 0.15) is 41.5 Å². The van der Waals surface area contributed by atoms with Crippen LogP contribution >= 0.6 is 0 Å². The van der Waals surface area contributed by atoms with E-state index in [1.165, 1.54) is 54.6 Å². The number of hydrogen-bond donors (Lipinski definition) is 2. The first-order valence-electron chi connectivity index (χ1n) is 11.1. The Bertz CT molecular complexity index is 791. The van der Waals surface area contributed by atoms with Gasteiger partial charge in [-0.2, -0.15) is 0 Å². The van der Waals surface area contributed by atoms with Crippen LogP contribution in [0.25, 0.3) is 0 Å². The van der Waals surface area contributed by atoms with Crippen LogP contribution in [0.15, 0.2) is 53.5 Å². The Hall–Kier alpha value is -2.37. The van der Waals surface area contributed by atoms with Crippen LogP contribution in [0.3, 0.4) is 0 Å². The zero-order valence-corrected chi connectivity index (χ0v) is 18.8. The molecule has 0 radical (unpaired) electrons. The molecule has 0 saturated carbocycles. The van der Waals surface area contributed by atoms with Crippen molar-refractivity contribution in [2.45, 2.75) is 45.4 Å². The molecule has 2 aromatic carbocycles. The summed E-state index contributed by atoms with van der Waals surface area (Å²) in [6, 6.07) is 17.7. The lowest BCUT2D eigenvalue weighted by molar-refractivity contribution is 0.221. The van der Waals surface area contributed by atoms with E-state index in [-0.39, 0.29) is 0 Å². The Morgan fingerprint density at radius 1 is 0.867 bits per heavy atom. The van der Waals surface area contributed by atoms with Gasteiger partial charge in [-0.25, -0.2) is 0 Å². The van der Waals surface area contributed by atoms with E-state index in [0.29, 0.717) is 0 Å². The molecule has 5 heteroatoms. The minimum atomic E-state index is 0.760. The Kier molecular flexibility index (Phi) is 8.72. The number of benzene rings is 2. The summed E-state index contributed by atoms with van der Waals surface area (Å²) in [6.45, 7) is 6.03. The number of aliphatic imine (C=N–C) groups is 1. The number of piperidine rings is 1. The van der Waals surface area contributed by atoms with Gasteiger partial charge in [-0.1, -0.05) is 55.0 Å². The quantitative estimate of drug-likeness (QED) is 0.518. The standard InChI is InChI=1S/C25H37N5/c1-26-25(28-18-23-8-7-9-24(16-23)19-29(2)3)27-17-21-10-12-22(13-11-21)20-30-14-5-4-6-15-30/h7-13,16H,4-6,14-15,17-20H2,1-3H3,(H2,26,27,28). The van der Waals surface area contributed by atoms with Crippen LogP contribution in [-0.2, 0) is 26.2 Å². The van der Waals surface area contributed by atoms with E-state index in [1.807, 2.05) is 7.05 Å². The van der Waals surface area contributed by atoms with Gasteiger partial charge in [0.2, 0.25) is 0 Å². The fourth-order valence-electron chi connectivity index (χ4n) is 3.93. The lowest BCUT2D eigenvalue weighted by Crippen LogP contribution is -2.36. The van der Waals surface area contributed by atoms with Gasteiger partial charge in [-0.15, -0.1) is 0 Å². The number of likely N-dealkylation sites (tertiary alicyclic amines) is 1. The molecular formula is C25H37N5. The van der Waals surface area contributed by atoms with E-state index in [2.05, 4.69) is 88.1 Å². The summed E-state index contributed by atoms with van der Waals surface area (Å²) in [5.41, 5.74) is 5.26. The highest BCUT2D eigenvalue weighted by Crippen LogP contribution is 2.13. The van der Waals surface area contributed by atoms with Gasteiger partial charge in [-0.3, -0.25) is 9.89 Å². The molecule has 1 aliphatic heterocycles. The predicted octanol–water partition coefficient (Wildman–Crippen LogP) is 3.60. The van der Waals surface area contributed by atoms with E-state index in [9.17, 15) is 0 Å². The maximum Gasteiger partial charge on any atom is 0.191 e. The monoisotopic (exact) mass is 407 g/mol. The van der Waals surface area contributed by atoms with Crippen molar-refractivity contribution in [3.8, 4) is 0 Å². The largest absolute Gasteiger partial charge is 0.352 e. The van der Waals surface area contributed by atoms with Crippen molar-refractivity contribution in [1.82, 2.24) is 20.4 Å². The van der Waals surface area contributed by atoms with Crippen molar-refractivity contribution >= 4 is 5.96 Å². The van der Waals surface area contributed by atoms with Gasteiger partial charge in [0.25, 0.3) is 0 Å². The lowest BCUT2D eigenvalue weighted by Gasteiger charge is -2.26. The smallest absolute Gasteiger partial charge is 0.191 e. The fourth-order valence-corrected chi connectivity index (χ4v) is 3.93. The average molecular weight is 408 g/mol. The zero-order chi connectivity index (χ0) is 21.2. The number of guanidine groups is 1. The SMILES string of the molecule is CN=C(NCc1ccc(CN2CCCCC2)cc1)NCc1cccc(CN(C)C)c1. The summed E-state index contributed by atoms with van der Waals surface area (Å²) in [5, 5.41) is 6.84. The molecule has 162 valence electrons. The van der Waals surface area contributed by atoms with Crippen molar-refractivity contribution in [3.63, 3.8) is 0 Å². The third-order valence-electron chi connectivity index (χ3n) is 5.51. The Morgan fingerprint density at radius 3 is 2.17 bits per heavy atom. The van der Waals surface area contributed by atoms with Crippen LogP contribution in [0, 0.1) is 0 Å². The van der Waals surface area contributed by atoms with E-state index < -0.39 is 0 Å². The second-order valence-electron chi connectivity index (χ2n) is 8.49. The Labute approximate surface area is 182 Å². The van der Waals surface area contributed by atoms with E-state index in [0.717, 1.165) is 32.1 Å². The molecule has 2 N–H and O–H groups in total. The molecule has 1 saturated heterocycles. The molecule has 0 atom stereocenters. The highest BCUT2D eigenvalue weighted by molar-refractivity contribution is 5.79. The van der Waals surface area contributed by atoms with Crippen LogP contribution in [-0.4, -0.2) is 50.0 Å². The first-order valence-corrected chi connectivity index (χ1v) is 11.1. The molecule has 0 spiro atoms. The van der Waals surface area contributed by atoms with Gasteiger partial charge in [0.05, 0.1) is 0 Å². The fraction of sp³-hybridized carbons (Fsp3) is 0.480. The van der Waals surface area contributed by atoms with Crippen LogP contribution in [0.4, 0.5) is 0 Å². The van der Waals surface area contributed by atoms with Gasteiger partial charge >= 0.3 is 0 Å². The van der Waals surface area contributed by atoms with Gasteiger partial charge in [0.1, 0.15) is 0 Å². The summed E-state index contributed by atoms with van der Waals surface area (Å²) in [4.78, 5) is 9.11. The summed E-state index contributed by atoms with van der Waals surface area (Å²) in [6.07, 6.45) is 4.07. The normalized spacial score (nSPS) is 15.4. The molecule has 5 nitrogen and oxygen atoms in total. The second kappa shape index (κ2) is 11.7. The average Bonchev–Trinajstić information content (AvgIpc) is 2.75. The molecule has 3 rings (SSSR count). The third kappa shape index (κ3) is 7.47. The number of nitrogens with zero attached hydrogens (tertiary/aromatic N) is 3. The highest BCUT2D eigenvalue weighted by atomic mass is 15.2. The molecule has 0 unspecified atom stereocenters. The van der Waals surface area contributed by atoms with Crippen LogP contribution < -0.4 is 10.6 Å². The first kappa shape index (κ1) is 22.3. The summed E-state index contributed by atoms with van der Waals surface area (Å²) >= 11 is 0. The molecule has 0 aromatic heterocycles. The van der Waals surface area contributed by atoms with Crippen molar-refractivity contribution in [2.75, 3.05) is 34.2 Å². The molecule has 2 aromatic rings. The molecule has 0 aliphatic carbocycles. The van der Waals surface area contributed by atoms with Crippen molar-refractivity contribution in [2.24, 2.45) is 4.99 Å². The minimum absolute atomic E-state index is 0.760. The number of rotatable bonds is 8. The van der Waals surface area contributed by atoms with E-state index in [1.54, 1.807) is 0 Å². The van der Waals surface area contributed by atoms with Gasteiger partial charge in [0, 0.05) is 33.2 Å². The molecular weight excluding hydrogens is 370 g/mol. The zero-order valence-electron chi connectivity index (χ0n) is 18.8. The predicted molar refractivity (Wildman–Crippen MR) is 126 cm³/mol. The molecule has 0 bridgehead atoms. The molecule has 1 heterocycles. The second-order valence-corrected chi connectivity index (χ2v) is 8.49. The molecule has 1 fully saturated rings. The van der Waals surface area contributed by atoms with Gasteiger partial charge in [0.15, 0.2) is 5.96 Å². The summed E-state index contributed by atoms with van der Waals surface area (Å²) in [5.74, 6) is 0.824. The number of nitrogens with one attached hydrogen (secondary N) is 2. The van der Waals surface area contributed by atoms with E-state index in [4.69, 9.17) is 0 Å². The Balaban J connectivity index is 1.44. The molecule has 1 aliphatic rings. The van der Waals surface area contributed by atoms with Gasteiger partial charge in [-0.05, 0) is 62.3 Å².